The maximum Gasteiger partial charge on any atom is 0.121 e. The van der Waals surface area contributed by atoms with E-state index in [9.17, 15) is 0 Å². The number of nitrogens with zero attached hydrogens (tertiary/aromatic N) is 1. The summed E-state index contributed by atoms with van der Waals surface area (Å²) in [6, 6.07) is 7.12. The van der Waals surface area contributed by atoms with Crippen LogP contribution in [0.3, 0.4) is 0 Å². The number of anilines is 1. The number of hydrogen-bond acceptors (Lipinski definition) is 3. The van der Waals surface area contributed by atoms with Gasteiger partial charge in [-0.05, 0) is 64.6 Å². The van der Waals surface area contributed by atoms with Crippen LogP contribution in [0.1, 0.15) is 52.0 Å². The Balaban J connectivity index is 1.68. The van der Waals surface area contributed by atoms with Gasteiger partial charge in [0.2, 0.25) is 0 Å². The van der Waals surface area contributed by atoms with Crippen molar-refractivity contribution in [3.05, 3.63) is 23.8 Å². The van der Waals surface area contributed by atoms with Gasteiger partial charge >= 0.3 is 0 Å². The van der Waals surface area contributed by atoms with E-state index in [1.54, 1.807) is 0 Å². The Morgan fingerprint density at radius 1 is 1.27 bits per heavy atom. The average Bonchev–Trinajstić information content (AvgIpc) is 2.53. The first kappa shape index (κ1) is 15.7. The number of piperidine rings is 1. The van der Waals surface area contributed by atoms with Gasteiger partial charge in [0.1, 0.15) is 12.4 Å². The summed E-state index contributed by atoms with van der Waals surface area (Å²) in [5.74, 6) is 1.00. The van der Waals surface area contributed by atoms with Gasteiger partial charge in [0.05, 0.1) is 5.54 Å². The number of benzene rings is 1. The van der Waals surface area contributed by atoms with Crippen molar-refractivity contribution in [3.8, 4) is 5.75 Å². The third-order valence-electron chi connectivity index (χ3n) is 5.25. The molecule has 1 N–H and O–H groups in total. The molecular weight excluding hydrogens is 272 g/mol. The van der Waals surface area contributed by atoms with Gasteiger partial charge in [-0.15, -0.1) is 0 Å². The number of ether oxygens (including phenoxy) is 1. The maximum atomic E-state index is 6.21. The third kappa shape index (κ3) is 3.24. The molecule has 1 aromatic rings. The van der Waals surface area contributed by atoms with E-state index in [1.807, 2.05) is 0 Å². The van der Waals surface area contributed by atoms with Gasteiger partial charge in [0.25, 0.3) is 0 Å². The van der Waals surface area contributed by atoms with Crippen LogP contribution >= 0.6 is 0 Å². The van der Waals surface area contributed by atoms with Gasteiger partial charge in [0.15, 0.2) is 0 Å². The summed E-state index contributed by atoms with van der Waals surface area (Å²) < 4.78 is 6.21. The molecule has 0 aromatic heterocycles. The summed E-state index contributed by atoms with van der Waals surface area (Å²) >= 11 is 0. The lowest BCUT2D eigenvalue weighted by molar-refractivity contribution is -0.00141. The van der Waals surface area contributed by atoms with Crippen molar-refractivity contribution >= 4 is 5.69 Å². The fraction of sp³-hybridized carbons (Fsp3) is 0.684. The minimum Gasteiger partial charge on any atom is -0.492 e. The van der Waals surface area contributed by atoms with Crippen LogP contribution in [0.4, 0.5) is 5.69 Å². The molecule has 2 aliphatic heterocycles. The van der Waals surface area contributed by atoms with E-state index < -0.39 is 0 Å². The van der Waals surface area contributed by atoms with E-state index >= 15 is 0 Å². The van der Waals surface area contributed by atoms with Crippen LogP contribution in [-0.2, 0) is 6.42 Å². The molecule has 0 radical (unpaired) electrons. The number of rotatable bonds is 4. The summed E-state index contributed by atoms with van der Waals surface area (Å²) in [5.41, 5.74) is 2.85. The molecular formula is C19H30N2O. The van der Waals surface area contributed by atoms with E-state index in [0.29, 0.717) is 6.04 Å². The first-order chi connectivity index (χ1) is 10.6. The molecule has 1 unspecified atom stereocenters. The molecule has 3 rings (SSSR count). The number of fused-ring (bicyclic) bond motifs is 1. The zero-order valence-electron chi connectivity index (χ0n) is 14.3. The first-order valence-electron chi connectivity index (χ1n) is 8.85. The largest absolute Gasteiger partial charge is 0.492 e. The molecule has 22 heavy (non-hydrogen) atoms. The molecule has 2 aliphatic rings. The smallest absolute Gasteiger partial charge is 0.121 e. The Morgan fingerprint density at radius 3 is 2.95 bits per heavy atom. The average molecular weight is 302 g/mol. The second-order valence-electron chi connectivity index (χ2n) is 7.38. The number of aryl methyl sites for hydroxylation is 1. The Hall–Kier alpha value is -1.22. The zero-order valence-corrected chi connectivity index (χ0v) is 14.3. The second kappa shape index (κ2) is 6.49. The van der Waals surface area contributed by atoms with Crippen LogP contribution in [0.15, 0.2) is 18.2 Å². The normalized spacial score (nSPS) is 25.6. The van der Waals surface area contributed by atoms with Gasteiger partial charge in [0, 0.05) is 24.3 Å². The lowest BCUT2D eigenvalue weighted by atomic mass is 9.88. The van der Waals surface area contributed by atoms with Crippen molar-refractivity contribution in [2.75, 3.05) is 25.0 Å². The molecule has 1 fully saturated rings. The van der Waals surface area contributed by atoms with Crippen LogP contribution in [0.5, 0.6) is 5.75 Å². The molecule has 1 saturated heterocycles. The van der Waals surface area contributed by atoms with Crippen LogP contribution in [0.25, 0.3) is 0 Å². The van der Waals surface area contributed by atoms with E-state index in [2.05, 4.69) is 49.2 Å². The number of hydrogen-bond donors (Lipinski definition) is 1. The molecule has 0 saturated carbocycles. The monoisotopic (exact) mass is 302 g/mol. The molecule has 0 bridgehead atoms. The highest BCUT2D eigenvalue weighted by molar-refractivity contribution is 5.56. The highest BCUT2D eigenvalue weighted by atomic mass is 16.5. The van der Waals surface area contributed by atoms with Gasteiger partial charge in [-0.3, -0.25) is 4.90 Å². The van der Waals surface area contributed by atoms with Crippen LogP contribution in [0, 0.1) is 0 Å². The third-order valence-corrected chi connectivity index (χ3v) is 5.25. The molecule has 0 amide bonds. The van der Waals surface area contributed by atoms with Gasteiger partial charge in [-0.2, -0.15) is 0 Å². The van der Waals surface area contributed by atoms with E-state index in [-0.39, 0.29) is 5.54 Å². The molecule has 0 spiro atoms. The second-order valence-corrected chi connectivity index (χ2v) is 7.38. The topological polar surface area (TPSA) is 24.5 Å². The quantitative estimate of drug-likeness (QED) is 0.907. The van der Waals surface area contributed by atoms with Crippen molar-refractivity contribution in [2.45, 2.75) is 64.5 Å². The molecule has 1 aromatic carbocycles. The van der Waals surface area contributed by atoms with Crippen molar-refractivity contribution < 1.29 is 4.74 Å². The fourth-order valence-corrected chi connectivity index (χ4v) is 4.01. The van der Waals surface area contributed by atoms with Crippen LogP contribution in [0.2, 0.25) is 0 Å². The van der Waals surface area contributed by atoms with Gasteiger partial charge < -0.3 is 10.1 Å². The Kier molecular flexibility index (Phi) is 4.62. The number of nitrogens with one attached hydrogen (secondary N) is 1. The van der Waals surface area contributed by atoms with Crippen molar-refractivity contribution in [1.82, 2.24) is 4.90 Å². The number of likely N-dealkylation sites (tertiary alicyclic amines) is 1. The van der Waals surface area contributed by atoms with E-state index in [0.717, 1.165) is 18.9 Å². The van der Waals surface area contributed by atoms with Gasteiger partial charge in [-0.1, -0.05) is 12.5 Å². The highest BCUT2D eigenvalue weighted by Crippen LogP contribution is 2.32. The van der Waals surface area contributed by atoms with Crippen molar-refractivity contribution in [3.63, 3.8) is 0 Å². The Labute approximate surface area is 135 Å². The SMILES string of the molecule is CC(C)N1CCCCC1(C)COc1ccc2c(c1)NCCC2. The Morgan fingerprint density at radius 2 is 2.14 bits per heavy atom. The molecule has 0 aliphatic carbocycles. The van der Waals surface area contributed by atoms with Gasteiger partial charge in [-0.25, -0.2) is 0 Å². The van der Waals surface area contributed by atoms with E-state index in [1.165, 1.54) is 49.9 Å². The fourth-order valence-electron chi connectivity index (χ4n) is 4.01. The minimum absolute atomic E-state index is 0.162. The predicted molar refractivity (Wildman–Crippen MR) is 92.8 cm³/mol. The zero-order chi connectivity index (χ0) is 15.6. The summed E-state index contributed by atoms with van der Waals surface area (Å²) in [5, 5.41) is 3.49. The lowest BCUT2D eigenvalue weighted by Crippen LogP contribution is -2.56. The van der Waals surface area contributed by atoms with E-state index in [4.69, 9.17) is 4.74 Å². The first-order valence-corrected chi connectivity index (χ1v) is 8.85. The summed E-state index contributed by atoms with van der Waals surface area (Å²) in [6.07, 6.45) is 6.27. The minimum atomic E-state index is 0.162. The van der Waals surface area contributed by atoms with Crippen LogP contribution < -0.4 is 10.1 Å². The standard InChI is InChI=1S/C19H30N2O/c1-15(2)21-12-5-4-10-19(21,3)14-22-17-9-8-16-7-6-11-20-18(16)13-17/h8-9,13,15,20H,4-7,10-12,14H2,1-3H3. The molecule has 122 valence electrons. The predicted octanol–water partition coefficient (Wildman–Crippen LogP) is 4.08. The summed E-state index contributed by atoms with van der Waals surface area (Å²) in [6.45, 7) is 10.0. The summed E-state index contributed by atoms with van der Waals surface area (Å²) in [7, 11) is 0. The maximum absolute atomic E-state index is 6.21. The lowest BCUT2D eigenvalue weighted by Gasteiger charge is -2.47. The van der Waals surface area contributed by atoms with Crippen molar-refractivity contribution in [1.29, 1.82) is 0 Å². The van der Waals surface area contributed by atoms with Crippen LogP contribution in [-0.4, -0.2) is 36.2 Å². The van der Waals surface area contributed by atoms with Crippen molar-refractivity contribution in [2.24, 2.45) is 0 Å². The molecule has 3 nitrogen and oxygen atoms in total. The molecule has 3 heteroatoms. The summed E-state index contributed by atoms with van der Waals surface area (Å²) in [4.78, 5) is 2.62. The Bertz CT molecular complexity index is 514. The molecule has 1 atom stereocenters. The molecule has 2 heterocycles. The highest BCUT2D eigenvalue weighted by Gasteiger charge is 2.36.